The number of amides is 3. The molecule has 3 amide bonds. The number of fused-ring (bicyclic) bond motifs is 1. The van der Waals surface area contributed by atoms with Gasteiger partial charge in [0, 0.05) is 17.4 Å². The zero-order chi connectivity index (χ0) is 31.1. The van der Waals surface area contributed by atoms with Gasteiger partial charge in [-0.05, 0) is 48.6 Å². The van der Waals surface area contributed by atoms with E-state index in [-0.39, 0.29) is 30.8 Å². The molecule has 0 saturated carbocycles. The second kappa shape index (κ2) is 12.2. The van der Waals surface area contributed by atoms with Crippen LogP contribution in [0, 0.1) is 12.3 Å². The van der Waals surface area contributed by atoms with Gasteiger partial charge in [-0.1, -0.05) is 61.0 Å². The zero-order valence-electron chi connectivity index (χ0n) is 24.6. The lowest BCUT2D eigenvalue weighted by molar-refractivity contribution is -0.142. The van der Waals surface area contributed by atoms with Crippen molar-refractivity contribution in [3.8, 4) is 10.4 Å². The number of aromatic nitrogens is 2. The van der Waals surface area contributed by atoms with Gasteiger partial charge < -0.3 is 25.1 Å². The van der Waals surface area contributed by atoms with Crippen molar-refractivity contribution in [2.45, 2.75) is 65.3 Å². The molecule has 0 radical (unpaired) electrons. The minimum atomic E-state index is -1.01. The van der Waals surface area contributed by atoms with Crippen molar-refractivity contribution in [2.75, 3.05) is 6.54 Å². The Bertz CT molecular complexity index is 1660. The smallest absolute Gasteiger partial charge is 0.307 e. The largest absolute Gasteiger partial charge is 0.432 e. The second-order valence-corrected chi connectivity index (χ2v) is 13.7. The summed E-state index contributed by atoms with van der Waals surface area (Å²) in [6, 6.07) is 10.9. The number of nitrogens with zero attached hydrogens (tertiary/aromatic N) is 3. The average molecular weight is 669 g/mol. The normalized spacial score (nSPS) is 18.4. The van der Waals surface area contributed by atoms with Gasteiger partial charge in [0.15, 0.2) is 5.58 Å². The van der Waals surface area contributed by atoms with E-state index < -0.39 is 35.4 Å². The van der Waals surface area contributed by atoms with Crippen molar-refractivity contribution in [1.82, 2.24) is 25.5 Å². The summed E-state index contributed by atoms with van der Waals surface area (Å²) in [4.78, 5) is 51.6. The number of aryl methyl sites for hydroxylation is 1. The molecule has 2 aromatic heterocycles. The summed E-state index contributed by atoms with van der Waals surface area (Å²) in [6.07, 6.45) is -0.776. The highest BCUT2D eigenvalue weighted by atomic mass is 79.9. The fourth-order valence-corrected chi connectivity index (χ4v) is 6.36. The Morgan fingerprint density at radius 1 is 1.14 bits per heavy atom. The van der Waals surface area contributed by atoms with Crippen LogP contribution >= 0.6 is 27.3 Å². The van der Waals surface area contributed by atoms with Gasteiger partial charge in [0.25, 0.3) is 5.89 Å². The molecule has 3 heterocycles. The lowest BCUT2D eigenvalue weighted by atomic mass is 9.85. The van der Waals surface area contributed by atoms with Crippen molar-refractivity contribution >= 4 is 56.1 Å². The quantitative estimate of drug-likeness (QED) is 0.252. The van der Waals surface area contributed by atoms with Gasteiger partial charge in [-0.15, -0.1) is 11.3 Å². The predicted octanol–water partition coefficient (Wildman–Crippen LogP) is 5.01. The number of rotatable bonds is 7. The van der Waals surface area contributed by atoms with E-state index in [4.69, 9.17) is 4.42 Å². The monoisotopic (exact) mass is 667 g/mol. The van der Waals surface area contributed by atoms with Crippen LogP contribution in [0.3, 0.4) is 0 Å². The Morgan fingerprint density at radius 3 is 2.51 bits per heavy atom. The summed E-state index contributed by atoms with van der Waals surface area (Å²) in [6.45, 7) is 9.28. The predicted molar refractivity (Wildman–Crippen MR) is 167 cm³/mol. The van der Waals surface area contributed by atoms with Gasteiger partial charge in [-0.25, -0.2) is 9.97 Å². The highest BCUT2D eigenvalue weighted by Gasteiger charge is 2.45. The van der Waals surface area contributed by atoms with Gasteiger partial charge >= 0.3 is 5.91 Å². The first-order chi connectivity index (χ1) is 20.3. The molecule has 10 nitrogen and oxygen atoms in total. The number of benzene rings is 2. The maximum absolute atomic E-state index is 13.9. The maximum Gasteiger partial charge on any atom is 0.307 e. The van der Waals surface area contributed by atoms with Crippen molar-refractivity contribution in [1.29, 1.82) is 0 Å². The number of hydrogen-bond acceptors (Lipinski definition) is 8. The summed E-state index contributed by atoms with van der Waals surface area (Å²) in [7, 11) is 0. The van der Waals surface area contributed by atoms with Crippen LogP contribution in [-0.4, -0.2) is 62.4 Å². The van der Waals surface area contributed by atoms with Crippen molar-refractivity contribution in [2.24, 2.45) is 5.41 Å². The molecule has 1 saturated heterocycles. The van der Waals surface area contributed by atoms with E-state index in [0.29, 0.717) is 11.1 Å². The Hall–Kier alpha value is -3.61. The zero-order valence-corrected chi connectivity index (χ0v) is 27.0. The van der Waals surface area contributed by atoms with Crippen LogP contribution in [0.15, 0.2) is 56.9 Å². The number of halogens is 1. The molecule has 43 heavy (non-hydrogen) atoms. The topological polar surface area (TPSA) is 138 Å². The molecule has 5 rings (SSSR count). The third-order valence-electron chi connectivity index (χ3n) is 7.58. The minimum Gasteiger partial charge on any atom is -0.432 e. The summed E-state index contributed by atoms with van der Waals surface area (Å²) in [5.41, 5.74) is 4.96. The van der Waals surface area contributed by atoms with E-state index >= 15 is 0 Å². The van der Waals surface area contributed by atoms with Crippen LogP contribution < -0.4 is 10.6 Å². The van der Waals surface area contributed by atoms with Gasteiger partial charge in [-0.2, -0.15) is 0 Å². The van der Waals surface area contributed by atoms with Crippen molar-refractivity contribution in [3.05, 3.63) is 69.6 Å². The van der Waals surface area contributed by atoms with Crippen molar-refractivity contribution < 1.29 is 23.9 Å². The Kier molecular flexibility index (Phi) is 8.73. The van der Waals surface area contributed by atoms with E-state index in [2.05, 4.69) is 36.5 Å². The summed E-state index contributed by atoms with van der Waals surface area (Å²) < 4.78 is 6.42. The number of carbonyl (C=O) groups is 3. The number of oxazole rings is 1. The maximum atomic E-state index is 13.9. The first kappa shape index (κ1) is 30.8. The Balaban J connectivity index is 1.30. The molecule has 2 unspecified atom stereocenters. The summed E-state index contributed by atoms with van der Waals surface area (Å²) in [5, 5.41) is 16.3. The molecule has 0 bridgehead atoms. The molecule has 1 aliphatic rings. The lowest BCUT2D eigenvalue weighted by Gasteiger charge is -2.35. The first-order valence-electron chi connectivity index (χ1n) is 14.0. The highest BCUT2D eigenvalue weighted by Crippen LogP contribution is 2.30. The Labute approximate surface area is 262 Å². The number of β-amino-alcohol motifs (C(OH)–C–C–N with tert-alkyl or cyclic N) is 1. The van der Waals surface area contributed by atoms with Gasteiger partial charge in [0.2, 0.25) is 11.8 Å². The molecule has 226 valence electrons. The standard InChI is InChI=1S/C31H34BrN5O5S/c1-16(18-6-8-19(9-7-18)25-17(2)33-15-43-25)34-27(39)23-13-21(38)14-37(23)30(41)26(31(3,4)5)36-28(40)29-35-22-11-10-20(32)12-24(22)42-29/h6-12,15-16,21,23,26,38H,13-14H2,1-5H3,(H,34,39)(H,36,40)/t16?,21-,23+,26?/m1/s1. The third kappa shape index (κ3) is 6.66. The first-order valence-corrected chi connectivity index (χ1v) is 15.7. The summed E-state index contributed by atoms with van der Waals surface area (Å²) >= 11 is 4.95. The number of hydrogen-bond donors (Lipinski definition) is 3. The van der Waals surface area contributed by atoms with E-state index in [0.717, 1.165) is 26.2 Å². The third-order valence-corrected chi connectivity index (χ3v) is 9.05. The molecule has 4 atom stereocenters. The molecule has 0 aliphatic carbocycles. The van der Waals surface area contributed by atoms with E-state index in [1.807, 2.05) is 64.4 Å². The van der Waals surface area contributed by atoms with Crippen LogP contribution in [0.2, 0.25) is 0 Å². The van der Waals surface area contributed by atoms with Crippen LogP contribution in [-0.2, 0) is 9.59 Å². The SMILES string of the molecule is Cc1ncsc1-c1ccc(C(C)NC(=O)[C@@H]2C[C@@H](O)CN2C(=O)C(NC(=O)c2nc3ccc(Br)cc3o2)C(C)(C)C)cc1. The molecule has 0 spiro atoms. The van der Waals surface area contributed by atoms with Gasteiger partial charge in [0.1, 0.15) is 17.6 Å². The fourth-order valence-electron chi connectivity index (χ4n) is 5.20. The Morgan fingerprint density at radius 2 is 1.86 bits per heavy atom. The highest BCUT2D eigenvalue weighted by molar-refractivity contribution is 9.10. The van der Waals surface area contributed by atoms with Crippen molar-refractivity contribution in [3.63, 3.8) is 0 Å². The number of aliphatic hydroxyl groups excluding tert-OH is 1. The molecule has 4 aromatic rings. The number of aliphatic hydroxyl groups is 1. The minimum absolute atomic E-state index is 0.0203. The molecule has 1 aliphatic heterocycles. The molecular weight excluding hydrogens is 634 g/mol. The van der Waals surface area contributed by atoms with E-state index in [1.165, 1.54) is 4.90 Å². The van der Waals surface area contributed by atoms with Gasteiger partial charge in [0.05, 0.1) is 28.2 Å². The van der Waals surface area contributed by atoms with E-state index in [1.54, 1.807) is 29.5 Å². The van der Waals surface area contributed by atoms with Crippen LogP contribution in [0.25, 0.3) is 21.5 Å². The van der Waals surface area contributed by atoms with Crippen LogP contribution in [0.4, 0.5) is 0 Å². The molecular formula is C31H34BrN5O5S. The molecule has 12 heteroatoms. The average Bonchev–Trinajstić information content (AvgIpc) is 3.68. The van der Waals surface area contributed by atoms with Crippen LogP contribution in [0.1, 0.15) is 62.1 Å². The fraction of sp³-hybridized carbons (Fsp3) is 0.387. The summed E-state index contributed by atoms with van der Waals surface area (Å²) in [5.74, 6) is -1.65. The number of nitrogens with one attached hydrogen (secondary N) is 2. The number of likely N-dealkylation sites (tertiary alicyclic amines) is 1. The molecule has 2 aromatic carbocycles. The lowest BCUT2D eigenvalue weighted by Crippen LogP contribution is -2.57. The van der Waals surface area contributed by atoms with Crippen LogP contribution in [0.5, 0.6) is 0 Å². The molecule has 1 fully saturated rings. The molecule has 3 N–H and O–H groups in total. The number of carbonyl (C=O) groups excluding carboxylic acids is 3. The number of thiazole rings is 1. The second-order valence-electron chi connectivity index (χ2n) is 11.9. The van der Waals surface area contributed by atoms with Gasteiger partial charge in [-0.3, -0.25) is 14.4 Å². The van der Waals surface area contributed by atoms with E-state index in [9.17, 15) is 19.5 Å².